The largest absolute Gasteiger partial charge is 0.335 e. The number of aromatic nitrogens is 2. The lowest BCUT2D eigenvalue weighted by Gasteiger charge is -2.42. The highest BCUT2D eigenvalue weighted by Gasteiger charge is 2.33. The lowest BCUT2D eigenvalue weighted by molar-refractivity contribution is -0.138. The lowest BCUT2D eigenvalue weighted by atomic mass is 9.88. The molecule has 0 radical (unpaired) electrons. The lowest BCUT2D eigenvalue weighted by Crippen LogP contribution is -2.50. The van der Waals surface area contributed by atoms with Crippen molar-refractivity contribution in [1.82, 2.24) is 14.5 Å². The maximum atomic E-state index is 14.2. The molecule has 1 amide bonds. The van der Waals surface area contributed by atoms with Gasteiger partial charge in [0.1, 0.15) is 12.4 Å². The third-order valence-corrected chi connectivity index (χ3v) is 8.71. The predicted molar refractivity (Wildman–Crippen MR) is 153 cm³/mol. The number of benzene rings is 2. The number of carbonyl (C=O) groups excluding carboxylic acids is 1. The molecule has 1 atom stereocenters. The normalized spacial score (nSPS) is 18.4. The molecule has 5 rings (SSSR count). The molecule has 0 bridgehead atoms. The molecule has 4 heteroatoms. The zero-order valence-electron chi connectivity index (χ0n) is 23.2. The Morgan fingerprint density at radius 3 is 2.05 bits per heavy atom. The van der Waals surface area contributed by atoms with Crippen LogP contribution >= 0.6 is 0 Å². The van der Waals surface area contributed by atoms with E-state index >= 15 is 0 Å². The van der Waals surface area contributed by atoms with Crippen LogP contribution in [0.5, 0.6) is 0 Å². The Hall–Kier alpha value is -2.62. The first-order valence-electron chi connectivity index (χ1n) is 14.9. The van der Waals surface area contributed by atoms with E-state index in [1.165, 1.54) is 75.3 Å². The second kappa shape index (κ2) is 11.8. The molecule has 0 aliphatic heterocycles. The summed E-state index contributed by atoms with van der Waals surface area (Å²) < 4.78 is 2.23. The van der Waals surface area contributed by atoms with Crippen molar-refractivity contribution in [2.24, 2.45) is 5.92 Å². The molecule has 0 N–H and O–H groups in total. The topological polar surface area (TPSA) is 38.1 Å². The van der Waals surface area contributed by atoms with Gasteiger partial charge in [0.05, 0.1) is 11.0 Å². The molecule has 3 aromatic rings. The zero-order chi connectivity index (χ0) is 25.8. The van der Waals surface area contributed by atoms with Crippen LogP contribution in [-0.4, -0.2) is 32.4 Å². The molecule has 2 saturated carbocycles. The fourth-order valence-corrected chi connectivity index (χ4v) is 6.79. The molecule has 4 nitrogen and oxygen atoms in total. The summed E-state index contributed by atoms with van der Waals surface area (Å²) >= 11 is 0. The molecule has 2 aliphatic rings. The number of hydrogen-bond donors (Lipinski definition) is 0. The van der Waals surface area contributed by atoms with Crippen LogP contribution in [0.2, 0.25) is 0 Å². The van der Waals surface area contributed by atoms with Crippen LogP contribution < -0.4 is 0 Å². The Balaban J connectivity index is 1.45. The first-order valence-corrected chi connectivity index (χ1v) is 14.9. The monoisotopic (exact) mass is 499 g/mol. The van der Waals surface area contributed by atoms with E-state index in [-0.39, 0.29) is 5.92 Å². The Kier molecular flexibility index (Phi) is 8.32. The number of imidazole rings is 1. The first-order chi connectivity index (χ1) is 18.0. The van der Waals surface area contributed by atoms with E-state index in [2.05, 4.69) is 72.7 Å². The molecule has 1 unspecified atom stereocenters. The fourth-order valence-electron chi connectivity index (χ4n) is 6.79. The molecule has 2 aromatic carbocycles. The Morgan fingerprint density at radius 2 is 1.46 bits per heavy atom. The summed E-state index contributed by atoms with van der Waals surface area (Å²) in [6.07, 6.45) is 13.4. The molecule has 1 heterocycles. The minimum atomic E-state index is 0.117. The molecule has 2 fully saturated rings. The van der Waals surface area contributed by atoms with Crippen LogP contribution in [0.25, 0.3) is 11.0 Å². The van der Waals surface area contributed by atoms with Crippen LogP contribution in [0, 0.1) is 5.92 Å². The average molecular weight is 500 g/mol. The zero-order valence-corrected chi connectivity index (χ0v) is 23.2. The van der Waals surface area contributed by atoms with E-state index in [4.69, 9.17) is 4.98 Å². The van der Waals surface area contributed by atoms with Crippen molar-refractivity contribution in [3.63, 3.8) is 0 Å². The average Bonchev–Trinajstić information content (AvgIpc) is 3.28. The standard InChI is InChI=1S/C33H45N3O/c1-24(2)22-26-18-20-27(21-19-26)25(3)33-34-30-16-10-11-17-31(30)35(33)23-32(37)36(28-12-6-4-7-13-28)29-14-8-5-9-15-29/h10-11,16-21,24-25,28-29H,4-9,12-15,22-23H2,1-3H3. The highest BCUT2D eigenvalue weighted by atomic mass is 16.2. The van der Waals surface area contributed by atoms with Gasteiger partial charge in [0, 0.05) is 18.0 Å². The van der Waals surface area contributed by atoms with Crippen LogP contribution in [0.15, 0.2) is 48.5 Å². The van der Waals surface area contributed by atoms with Crippen LogP contribution in [0.4, 0.5) is 0 Å². The van der Waals surface area contributed by atoms with Gasteiger partial charge in [0.2, 0.25) is 5.91 Å². The van der Waals surface area contributed by atoms with Crippen molar-refractivity contribution in [1.29, 1.82) is 0 Å². The molecule has 198 valence electrons. The van der Waals surface area contributed by atoms with Crippen molar-refractivity contribution in [3.8, 4) is 0 Å². The van der Waals surface area contributed by atoms with Crippen molar-refractivity contribution in [3.05, 3.63) is 65.5 Å². The van der Waals surface area contributed by atoms with E-state index in [1.54, 1.807) is 0 Å². The summed E-state index contributed by atoms with van der Waals surface area (Å²) in [6.45, 7) is 7.15. The van der Waals surface area contributed by atoms with Gasteiger partial charge in [0.15, 0.2) is 0 Å². The number of rotatable bonds is 8. The SMILES string of the molecule is CC(C)Cc1ccc(C(C)c2nc3ccccc3n2CC(=O)N(C2CCCCC2)C2CCCCC2)cc1. The smallest absolute Gasteiger partial charge is 0.243 e. The summed E-state index contributed by atoms with van der Waals surface area (Å²) in [6, 6.07) is 18.2. The van der Waals surface area contributed by atoms with Gasteiger partial charge in [-0.15, -0.1) is 0 Å². The van der Waals surface area contributed by atoms with E-state index in [0.717, 1.165) is 23.3 Å². The molecule has 0 saturated heterocycles. The van der Waals surface area contributed by atoms with Crippen molar-refractivity contribution < 1.29 is 4.79 Å². The number of para-hydroxylation sites is 2. The minimum Gasteiger partial charge on any atom is -0.335 e. The quantitative estimate of drug-likeness (QED) is 0.316. The van der Waals surface area contributed by atoms with Gasteiger partial charge in [-0.05, 0) is 61.3 Å². The van der Waals surface area contributed by atoms with E-state index in [0.29, 0.717) is 30.5 Å². The molecular weight excluding hydrogens is 454 g/mol. The summed E-state index contributed by atoms with van der Waals surface area (Å²) in [7, 11) is 0. The maximum Gasteiger partial charge on any atom is 0.243 e. The summed E-state index contributed by atoms with van der Waals surface area (Å²) in [5.74, 6) is 2.06. The molecule has 0 spiro atoms. The Morgan fingerprint density at radius 1 is 0.865 bits per heavy atom. The number of hydrogen-bond acceptors (Lipinski definition) is 2. The van der Waals surface area contributed by atoms with E-state index < -0.39 is 0 Å². The van der Waals surface area contributed by atoms with Gasteiger partial charge >= 0.3 is 0 Å². The van der Waals surface area contributed by atoms with Gasteiger partial charge < -0.3 is 9.47 Å². The molecular formula is C33H45N3O. The van der Waals surface area contributed by atoms with Crippen LogP contribution in [0.1, 0.15) is 108 Å². The second-order valence-electron chi connectivity index (χ2n) is 12.0. The summed E-state index contributed by atoms with van der Waals surface area (Å²) in [4.78, 5) is 21.6. The fraction of sp³-hybridized carbons (Fsp3) is 0.576. The number of amides is 1. The van der Waals surface area contributed by atoms with Crippen molar-refractivity contribution in [2.75, 3.05) is 0 Å². The van der Waals surface area contributed by atoms with E-state index in [1.807, 2.05) is 6.07 Å². The van der Waals surface area contributed by atoms with Gasteiger partial charge in [0.25, 0.3) is 0 Å². The highest BCUT2D eigenvalue weighted by Crippen LogP contribution is 2.32. The minimum absolute atomic E-state index is 0.117. The number of nitrogens with zero attached hydrogens (tertiary/aromatic N) is 3. The molecule has 2 aliphatic carbocycles. The van der Waals surface area contributed by atoms with Crippen molar-refractivity contribution >= 4 is 16.9 Å². The van der Waals surface area contributed by atoms with E-state index in [9.17, 15) is 4.79 Å². The predicted octanol–water partition coefficient (Wildman–Crippen LogP) is 7.88. The van der Waals surface area contributed by atoms with Gasteiger partial charge in [-0.3, -0.25) is 4.79 Å². The molecule has 1 aromatic heterocycles. The number of carbonyl (C=O) groups is 1. The van der Waals surface area contributed by atoms with Gasteiger partial charge in [-0.25, -0.2) is 4.98 Å². The second-order valence-corrected chi connectivity index (χ2v) is 12.0. The third kappa shape index (κ3) is 5.94. The highest BCUT2D eigenvalue weighted by molar-refractivity contribution is 5.82. The maximum absolute atomic E-state index is 14.2. The third-order valence-electron chi connectivity index (χ3n) is 8.71. The Labute approximate surface area is 223 Å². The van der Waals surface area contributed by atoms with Crippen LogP contribution in [0.3, 0.4) is 0 Å². The summed E-state index contributed by atoms with van der Waals surface area (Å²) in [5.41, 5.74) is 4.69. The van der Waals surface area contributed by atoms with Crippen molar-refractivity contribution in [2.45, 2.75) is 116 Å². The summed E-state index contributed by atoms with van der Waals surface area (Å²) in [5, 5.41) is 0. The first kappa shape index (κ1) is 26.0. The Bertz CT molecular complexity index is 1150. The van der Waals surface area contributed by atoms with Gasteiger partial charge in [-0.2, -0.15) is 0 Å². The van der Waals surface area contributed by atoms with Gasteiger partial charge in [-0.1, -0.05) is 95.7 Å². The number of fused-ring (bicyclic) bond motifs is 1. The van der Waals surface area contributed by atoms with Crippen LogP contribution in [-0.2, 0) is 17.8 Å². The molecule has 37 heavy (non-hydrogen) atoms.